The van der Waals surface area contributed by atoms with Crippen LogP contribution >= 0.6 is 0 Å². The van der Waals surface area contributed by atoms with Crippen LogP contribution in [0.3, 0.4) is 0 Å². The Balaban J connectivity index is 1.86. The van der Waals surface area contributed by atoms with Gasteiger partial charge in [0.15, 0.2) is 0 Å². The van der Waals surface area contributed by atoms with Crippen molar-refractivity contribution in [3.8, 4) is 0 Å². The molecule has 2 heterocycles. The Morgan fingerprint density at radius 3 is 2.68 bits per heavy atom. The van der Waals surface area contributed by atoms with Crippen molar-refractivity contribution in [2.24, 2.45) is 0 Å². The maximum atomic E-state index is 12.5. The van der Waals surface area contributed by atoms with Crippen molar-refractivity contribution in [3.05, 3.63) is 36.7 Å². The van der Waals surface area contributed by atoms with Gasteiger partial charge in [-0.05, 0) is 0 Å². The van der Waals surface area contributed by atoms with E-state index in [0.717, 1.165) is 0 Å². The van der Waals surface area contributed by atoms with E-state index in [2.05, 4.69) is 10.1 Å². The Labute approximate surface area is 128 Å². The Kier molecular flexibility index (Phi) is 4.07. The van der Waals surface area contributed by atoms with Crippen LogP contribution in [-0.4, -0.2) is 56.5 Å². The molecule has 1 aliphatic heterocycles. The SMILES string of the molecule is O=[Se](=O)(c1ccccc1)c1ncn([C@H]2C[C@H](O)[C@@H](CO)O2)n1. The molecule has 2 aromatic rings. The molecule has 3 atom stereocenters. The first-order valence-corrected chi connectivity index (χ1v) is 9.79. The average Bonchev–Trinajstić information content (AvgIpc) is 3.15. The van der Waals surface area contributed by atoms with Gasteiger partial charge >= 0.3 is 127 Å². The Morgan fingerprint density at radius 2 is 2.05 bits per heavy atom. The second-order valence-electron chi connectivity index (χ2n) is 4.94. The number of ether oxygens (including phenoxy) is 1. The maximum absolute atomic E-state index is 12.5. The monoisotopic (exact) mass is 373 g/mol. The fourth-order valence-electron chi connectivity index (χ4n) is 2.27. The summed E-state index contributed by atoms with van der Waals surface area (Å²) in [6.45, 7) is -0.313. The summed E-state index contributed by atoms with van der Waals surface area (Å²) >= 11 is -4.64. The predicted molar refractivity (Wildman–Crippen MR) is 74.5 cm³/mol. The molecular weight excluding hydrogens is 357 g/mol. The Bertz CT molecular complexity index is 746. The van der Waals surface area contributed by atoms with Gasteiger partial charge < -0.3 is 0 Å². The third-order valence-corrected chi connectivity index (χ3v) is 6.73. The summed E-state index contributed by atoms with van der Waals surface area (Å²) < 4.78 is 31.5. The number of benzene rings is 1. The summed E-state index contributed by atoms with van der Waals surface area (Å²) in [5, 5.41) is 22.7. The second kappa shape index (κ2) is 5.86. The van der Waals surface area contributed by atoms with Gasteiger partial charge in [0, 0.05) is 0 Å². The standard InChI is InChI=1S/C13H15N3O5Se/c17-7-11-10(18)6-12(21-11)16-8-14-13(15-16)22(19,20)9-4-2-1-3-5-9/h1-5,8,10-12,17-18H,6-7H2/t10-,11+,12+/m0/s1. The molecule has 1 aromatic carbocycles. The van der Waals surface area contributed by atoms with E-state index in [1.165, 1.54) is 23.1 Å². The molecule has 1 aliphatic rings. The van der Waals surface area contributed by atoms with Gasteiger partial charge in [-0.15, -0.1) is 0 Å². The molecule has 1 aromatic heterocycles. The quantitative estimate of drug-likeness (QED) is 0.617. The predicted octanol–water partition coefficient (Wildman–Crippen LogP) is -1.66. The van der Waals surface area contributed by atoms with Gasteiger partial charge in [0.25, 0.3) is 0 Å². The van der Waals surface area contributed by atoms with E-state index < -0.39 is 31.1 Å². The van der Waals surface area contributed by atoms with Gasteiger partial charge in [-0.1, -0.05) is 0 Å². The van der Waals surface area contributed by atoms with Crippen molar-refractivity contribution in [2.45, 2.75) is 24.9 Å². The summed E-state index contributed by atoms with van der Waals surface area (Å²) in [7, 11) is 0. The molecule has 0 aliphatic carbocycles. The number of aliphatic hydroxyl groups excluding tert-OH is 2. The fraction of sp³-hybridized carbons (Fsp3) is 0.385. The number of rotatable bonds is 4. The van der Waals surface area contributed by atoms with Gasteiger partial charge in [0.05, 0.1) is 0 Å². The molecular formula is C13H15N3O5Se. The van der Waals surface area contributed by atoms with E-state index in [9.17, 15) is 12.8 Å². The van der Waals surface area contributed by atoms with E-state index in [4.69, 9.17) is 9.84 Å². The van der Waals surface area contributed by atoms with Crippen molar-refractivity contribution in [2.75, 3.05) is 6.61 Å². The van der Waals surface area contributed by atoms with Crippen LogP contribution in [0.4, 0.5) is 0 Å². The van der Waals surface area contributed by atoms with Crippen LogP contribution in [0, 0.1) is 0 Å². The fourth-order valence-corrected chi connectivity index (χ4v) is 4.60. The number of aliphatic hydroxyl groups is 2. The van der Waals surface area contributed by atoms with Crippen molar-refractivity contribution in [1.29, 1.82) is 0 Å². The molecule has 1 saturated heterocycles. The molecule has 8 nitrogen and oxygen atoms in total. The molecule has 0 spiro atoms. The van der Waals surface area contributed by atoms with Gasteiger partial charge in [0.1, 0.15) is 0 Å². The van der Waals surface area contributed by atoms with Crippen LogP contribution in [0.25, 0.3) is 0 Å². The zero-order chi connectivity index (χ0) is 15.7. The Morgan fingerprint density at radius 1 is 1.32 bits per heavy atom. The van der Waals surface area contributed by atoms with Crippen LogP contribution in [0.1, 0.15) is 12.6 Å². The van der Waals surface area contributed by atoms with E-state index in [1.807, 2.05) is 0 Å². The minimum absolute atomic E-state index is 0.178. The molecule has 118 valence electrons. The molecule has 0 saturated carbocycles. The van der Waals surface area contributed by atoms with E-state index in [1.54, 1.807) is 18.2 Å². The normalized spacial score (nSPS) is 25.5. The average molecular weight is 372 g/mol. The third-order valence-electron chi connectivity index (χ3n) is 3.46. The zero-order valence-corrected chi connectivity index (χ0v) is 13.2. The topological polar surface area (TPSA) is 115 Å². The summed E-state index contributed by atoms with van der Waals surface area (Å²) in [6, 6.07) is 8.00. The molecule has 3 rings (SSSR count). The molecule has 1 fully saturated rings. The van der Waals surface area contributed by atoms with Crippen LogP contribution in [-0.2, 0) is 12.4 Å². The molecule has 9 heteroatoms. The molecule has 2 N–H and O–H groups in total. The minimum atomic E-state index is -4.64. The summed E-state index contributed by atoms with van der Waals surface area (Å²) in [6.07, 6.45) is -0.683. The van der Waals surface area contributed by atoms with E-state index >= 15 is 0 Å². The molecule has 0 radical (unpaired) electrons. The number of hydrogen-bond acceptors (Lipinski definition) is 7. The second-order valence-corrected chi connectivity index (χ2v) is 8.81. The van der Waals surface area contributed by atoms with Crippen LogP contribution in [0.15, 0.2) is 36.7 Å². The summed E-state index contributed by atoms with van der Waals surface area (Å²) in [5.41, 5.74) is 0. The number of hydrogen-bond donors (Lipinski definition) is 2. The summed E-state index contributed by atoms with van der Waals surface area (Å²) in [4.78, 5) is 3.86. The zero-order valence-electron chi connectivity index (χ0n) is 11.5. The van der Waals surface area contributed by atoms with Crippen molar-refractivity contribution in [1.82, 2.24) is 14.8 Å². The molecule has 0 unspecified atom stereocenters. The first kappa shape index (κ1) is 15.3. The summed E-state index contributed by atoms with van der Waals surface area (Å²) in [5.74, 6) is 0. The molecule has 0 bridgehead atoms. The molecule has 0 amide bonds. The van der Waals surface area contributed by atoms with Gasteiger partial charge in [-0.2, -0.15) is 0 Å². The van der Waals surface area contributed by atoms with Crippen LogP contribution < -0.4 is 9.18 Å². The Hall–Kier alpha value is -1.64. The van der Waals surface area contributed by atoms with E-state index in [-0.39, 0.29) is 22.2 Å². The van der Waals surface area contributed by atoms with Gasteiger partial charge in [0.2, 0.25) is 0 Å². The number of nitrogens with zero attached hydrogens (tertiary/aromatic N) is 3. The van der Waals surface area contributed by atoms with Gasteiger partial charge in [-0.25, -0.2) is 0 Å². The first-order chi connectivity index (χ1) is 10.5. The van der Waals surface area contributed by atoms with Crippen molar-refractivity contribution < 1.29 is 22.6 Å². The third kappa shape index (κ3) is 2.69. The number of aromatic nitrogens is 3. The van der Waals surface area contributed by atoms with Crippen molar-refractivity contribution >= 4 is 21.9 Å². The van der Waals surface area contributed by atoms with Gasteiger partial charge in [-0.3, -0.25) is 0 Å². The molecule has 22 heavy (non-hydrogen) atoms. The van der Waals surface area contributed by atoms with Crippen LogP contribution in [0.5, 0.6) is 0 Å². The first-order valence-electron chi connectivity index (χ1n) is 6.68. The van der Waals surface area contributed by atoms with E-state index in [0.29, 0.717) is 0 Å². The van der Waals surface area contributed by atoms with Crippen molar-refractivity contribution in [3.63, 3.8) is 0 Å². The van der Waals surface area contributed by atoms with Crippen LogP contribution in [0.2, 0.25) is 0 Å².